The van der Waals surface area contributed by atoms with E-state index >= 15 is 0 Å². The molecule has 0 radical (unpaired) electrons. The Balaban J connectivity index is 1.46. The first-order valence-electron chi connectivity index (χ1n) is 9.01. The molecule has 1 amide bonds. The normalized spacial score (nSPS) is 24.7. The first-order chi connectivity index (χ1) is 13.0. The standard InChI is InChI=1S/C20H22N2O4S/c1-26-17-8-5-9-18(12-17)27(24,25)22-13-15-10-16(22)11-19(15)21-20(23)14-6-3-2-4-7-14/h2-9,12,15-16,19H,10-11,13H2,1H3,(H,21,23). The summed E-state index contributed by atoms with van der Waals surface area (Å²) in [7, 11) is -2.05. The van der Waals surface area contributed by atoms with Crippen LogP contribution < -0.4 is 10.1 Å². The van der Waals surface area contributed by atoms with Crippen LogP contribution in [0, 0.1) is 5.92 Å². The Morgan fingerprint density at radius 3 is 2.56 bits per heavy atom. The summed E-state index contributed by atoms with van der Waals surface area (Å²) >= 11 is 0. The summed E-state index contributed by atoms with van der Waals surface area (Å²) in [5.41, 5.74) is 0.626. The second kappa shape index (κ2) is 6.98. The molecule has 4 rings (SSSR count). The van der Waals surface area contributed by atoms with Gasteiger partial charge in [0, 0.05) is 30.3 Å². The van der Waals surface area contributed by atoms with Crippen molar-refractivity contribution in [1.29, 1.82) is 0 Å². The van der Waals surface area contributed by atoms with Gasteiger partial charge >= 0.3 is 0 Å². The number of sulfonamides is 1. The van der Waals surface area contributed by atoms with Gasteiger partial charge in [0.05, 0.1) is 12.0 Å². The van der Waals surface area contributed by atoms with Gasteiger partial charge < -0.3 is 10.1 Å². The quantitative estimate of drug-likeness (QED) is 0.855. The number of benzene rings is 2. The fraction of sp³-hybridized carbons (Fsp3) is 0.350. The Labute approximate surface area is 159 Å². The van der Waals surface area contributed by atoms with E-state index in [-0.39, 0.29) is 28.8 Å². The van der Waals surface area contributed by atoms with Crippen LogP contribution in [0.1, 0.15) is 23.2 Å². The Bertz CT molecular complexity index is 945. The molecule has 3 atom stereocenters. The Hall–Kier alpha value is -2.38. The molecule has 1 heterocycles. The highest BCUT2D eigenvalue weighted by molar-refractivity contribution is 7.89. The monoisotopic (exact) mass is 386 g/mol. The molecule has 0 aromatic heterocycles. The Morgan fingerprint density at radius 1 is 1.11 bits per heavy atom. The zero-order valence-corrected chi connectivity index (χ0v) is 15.9. The molecule has 6 nitrogen and oxygen atoms in total. The third-order valence-corrected chi connectivity index (χ3v) is 7.41. The van der Waals surface area contributed by atoms with E-state index in [4.69, 9.17) is 4.74 Å². The van der Waals surface area contributed by atoms with Crippen LogP contribution in [0.5, 0.6) is 5.75 Å². The van der Waals surface area contributed by atoms with Gasteiger partial charge in [-0.15, -0.1) is 0 Å². The van der Waals surface area contributed by atoms with E-state index < -0.39 is 10.0 Å². The Morgan fingerprint density at radius 2 is 1.89 bits per heavy atom. The summed E-state index contributed by atoms with van der Waals surface area (Å²) in [6.07, 6.45) is 1.43. The number of methoxy groups -OCH3 is 1. The molecule has 1 N–H and O–H groups in total. The molecule has 0 spiro atoms. The van der Waals surface area contributed by atoms with Gasteiger partial charge in [-0.1, -0.05) is 24.3 Å². The van der Waals surface area contributed by atoms with E-state index in [1.54, 1.807) is 40.7 Å². The van der Waals surface area contributed by atoms with Crippen LogP contribution in [0.25, 0.3) is 0 Å². The molecule has 2 aliphatic rings. The number of carbonyl (C=O) groups excluding carboxylic acids is 1. The average Bonchev–Trinajstić information content (AvgIpc) is 3.29. The van der Waals surface area contributed by atoms with Crippen molar-refractivity contribution in [3.8, 4) is 5.75 Å². The minimum absolute atomic E-state index is 0.0134. The predicted octanol–water partition coefficient (Wildman–Crippen LogP) is 2.28. The third-order valence-electron chi connectivity index (χ3n) is 5.49. The van der Waals surface area contributed by atoms with Crippen LogP contribution in [0.2, 0.25) is 0 Å². The molecule has 2 aromatic carbocycles. The fourth-order valence-corrected chi connectivity index (χ4v) is 5.86. The lowest BCUT2D eigenvalue weighted by Crippen LogP contribution is -2.47. The number of carbonyl (C=O) groups is 1. The van der Waals surface area contributed by atoms with Crippen LogP contribution in [-0.4, -0.2) is 44.4 Å². The SMILES string of the molecule is COc1cccc(S(=O)(=O)N2CC3CC2CC3NC(=O)c2ccccc2)c1. The van der Waals surface area contributed by atoms with Crippen molar-refractivity contribution in [2.24, 2.45) is 5.92 Å². The van der Waals surface area contributed by atoms with E-state index in [0.717, 1.165) is 6.42 Å². The van der Waals surface area contributed by atoms with Crippen molar-refractivity contribution in [3.05, 3.63) is 60.2 Å². The van der Waals surface area contributed by atoms with Crippen molar-refractivity contribution in [1.82, 2.24) is 9.62 Å². The molecule has 3 unspecified atom stereocenters. The molecule has 27 heavy (non-hydrogen) atoms. The maximum absolute atomic E-state index is 13.0. The topological polar surface area (TPSA) is 75.7 Å². The van der Waals surface area contributed by atoms with Crippen molar-refractivity contribution in [2.75, 3.05) is 13.7 Å². The maximum atomic E-state index is 13.0. The van der Waals surface area contributed by atoms with Crippen LogP contribution in [0.4, 0.5) is 0 Å². The van der Waals surface area contributed by atoms with Crippen LogP contribution in [-0.2, 0) is 10.0 Å². The lowest BCUT2D eigenvalue weighted by Gasteiger charge is -2.31. The first kappa shape index (κ1) is 18.0. The van der Waals surface area contributed by atoms with Crippen molar-refractivity contribution in [3.63, 3.8) is 0 Å². The summed E-state index contributed by atoms with van der Waals surface area (Å²) in [5, 5.41) is 3.08. The number of hydrogen-bond acceptors (Lipinski definition) is 4. The van der Waals surface area contributed by atoms with E-state index in [1.807, 2.05) is 18.2 Å². The molecule has 2 bridgehead atoms. The lowest BCUT2D eigenvalue weighted by molar-refractivity contribution is 0.0919. The second-order valence-electron chi connectivity index (χ2n) is 7.08. The number of nitrogens with zero attached hydrogens (tertiary/aromatic N) is 1. The third kappa shape index (κ3) is 3.33. The summed E-state index contributed by atoms with van der Waals surface area (Å²) in [4.78, 5) is 12.6. The highest BCUT2D eigenvalue weighted by Gasteiger charge is 2.49. The molecule has 142 valence electrons. The minimum atomic E-state index is -3.57. The number of rotatable bonds is 5. The molecule has 7 heteroatoms. The van der Waals surface area contributed by atoms with Gasteiger partial charge in [0.2, 0.25) is 10.0 Å². The molecule has 1 aliphatic carbocycles. The zero-order chi connectivity index (χ0) is 19.0. The predicted molar refractivity (Wildman–Crippen MR) is 101 cm³/mol. The summed E-state index contributed by atoms with van der Waals surface area (Å²) < 4.78 is 32.8. The molecule has 2 aromatic rings. The van der Waals surface area contributed by atoms with Gasteiger partial charge in [-0.2, -0.15) is 4.31 Å². The second-order valence-corrected chi connectivity index (χ2v) is 8.98. The van der Waals surface area contributed by atoms with E-state index in [9.17, 15) is 13.2 Å². The molecule has 2 fully saturated rings. The Kier molecular flexibility index (Phi) is 4.65. The van der Waals surface area contributed by atoms with Gasteiger partial charge in [0.15, 0.2) is 0 Å². The first-order valence-corrected chi connectivity index (χ1v) is 10.4. The van der Waals surface area contributed by atoms with Gasteiger partial charge in [-0.25, -0.2) is 8.42 Å². The molecular weight excluding hydrogens is 364 g/mol. The van der Waals surface area contributed by atoms with E-state index in [2.05, 4.69) is 5.32 Å². The summed E-state index contributed by atoms with van der Waals surface area (Å²) in [6, 6.07) is 15.6. The van der Waals surface area contributed by atoms with Gasteiger partial charge in [0.25, 0.3) is 5.91 Å². The molecular formula is C20H22N2O4S. The van der Waals surface area contributed by atoms with Gasteiger partial charge in [0.1, 0.15) is 5.75 Å². The lowest BCUT2D eigenvalue weighted by atomic mass is 10.0. The number of hydrogen-bond donors (Lipinski definition) is 1. The van der Waals surface area contributed by atoms with Crippen LogP contribution in [0.3, 0.4) is 0 Å². The van der Waals surface area contributed by atoms with Crippen LogP contribution in [0.15, 0.2) is 59.5 Å². The minimum Gasteiger partial charge on any atom is -0.497 e. The number of ether oxygens (including phenoxy) is 1. The molecule has 1 aliphatic heterocycles. The van der Waals surface area contributed by atoms with E-state index in [1.165, 1.54) is 7.11 Å². The summed E-state index contributed by atoms with van der Waals surface area (Å²) in [5.74, 6) is 0.562. The highest BCUT2D eigenvalue weighted by Crippen LogP contribution is 2.41. The summed E-state index contributed by atoms with van der Waals surface area (Å²) in [6.45, 7) is 0.434. The highest BCUT2D eigenvalue weighted by atomic mass is 32.2. The fourth-order valence-electron chi connectivity index (χ4n) is 4.12. The van der Waals surface area contributed by atoms with Gasteiger partial charge in [-0.3, -0.25) is 4.79 Å². The largest absolute Gasteiger partial charge is 0.497 e. The molecule has 1 saturated heterocycles. The zero-order valence-electron chi connectivity index (χ0n) is 15.0. The average molecular weight is 386 g/mol. The van der Waals surface area contributed by atoms with Gasteiger partial charge in [-0.05, 0) is 43.0 Å². The smallest absolute Gasteiger partial charge is 0.251 e. The van der Waals surface area contributed by atoms with Crippen LogP contribution >= 0.6 is 0 Å². The number of amides is 1. The van der Waals surface area contributed by atoms with E-state index in [0.29, 0.717) is 24.3 Å². The maximum Gasteiger partial charge on any atom is 0.251 e. The van der Waals surface area contributed by atoms with Crippen molar-refractivity contribution in [2.45, 2.75) is 29.8 Å². The number of piperidine rings is 1. The molecule has 1 saturated carbocycles. The number of fused-ring (bicyclic) bond motifs is 2. The van der Waals surface area contributed by atoms with Crippen molar-refractivity contribution >= 4 is 15.9 Å². The van der Waals surface area contributed by atoms with Crippen molar-refractivity contribution < 1.29 is 17.9 Å². The number of nitrogens with one attached hydrogen (secondary N) is 1.